The molecule has 1 fully saturated rings. The third kappa shape index (κ3) is 4.45. The number of likely N-dealkylation sites (N-methyl/N-ethyl adjacent to an activating group) is 1. The van der Waals surface area contributed by atoms with Crippen LogP contribution in [0.1, 0.15) is 31.2 Å². The predicted octanol–water partition coefficient (Wildman–Crippen LogP) is 1.37. The van der Waals surface area contributed by atoms with Crippen molar-refractivity contribution in [3.05, 3.63) is 18.0 Å². The summed E-state index contributed by atoms with van der Waals surface area (Å²) in [5.74, 6) is -0.434. The first-order valence-corrected chi connectivity index (χ1v) is 7.11. The molecule has 2 heterocycles. The van der Waals surface area contributed by atoms with Crippen LogP contribution < -0.4 is 4.90 Å². The molecule has 1 N–H and O–H groups in total. The third-order valence-corrected chi connectivity index (χ3v) is 3.51. The number of nitrogens with zero attached hydrogens (tertiary/aromatic N) is 4. The first-order chi connectivity index (χ1) is 9.65. The van der Waals surface area contributed by atoms with Gasteiger partial charge in [-0.3, -0.25) is 9.69 Å². The molecule has 2 rings (SSSR count). The van der Waals surface area contributed by atoms with Gasteiger partial charge in [0.15, 0.2) is 0 Å². The Bertz CT molecular complexity index is 427. The second kappa shape index (κ2) is 7.19. The van der Waals surface area contributed by atoms with E-state index in [4.69, 9.17) is 5.11 Å². The van der Waals surface area contributed by atoms with Crippen molar-refractivity contribution in [3.63, 3.8) is 0 Å². The van der Waals surface area contributed by atoms with Gasteiger partial charge in [0.1, 0.15) is 6.54 Å². The molecule has 1 aromatic rings. The topological polar surface area (TPSA) is 69.6 Å². The van der Waals surface area contributed by atoms with Crippen molar-refractivity contribution in [1.29, 1.82) is 0 Å². The van der Waals surface area contributed by atoms with E-state index < -0.39 is 5.97 Å². The van der Waals surface area contributed by atoms with Gasteiger partial charge in [-0.25, -0.2) is 9.97 Å². The fraction of sp³-hybridized carbons (Fsp3) is 0.643. The Morgan fingerprint density at radius 3 is 2.40 bits per heavy atom. The Morgan fingerprint density at radius 2 is 1.85 bits per heavy atom. The highest BCUT2D eigenvalue weighted by Gasteiger charge is 2.11. The van der Waals surface area contributed by atoms with E-state index in [-0.39, 0.29) is 6.54 Å². The lowest BCUT2D eigenvalue weighted by Crippen LogP contribution is -2.27. The molecule has 20 heavy (non-hydrogen) atoms. The monoisotopic (exact) mass is 278 g/mol. The molecular formula is C14H22N4O2. The van der Waals surface area contributed by atoms with Crippen molar-refractivity contribution in [2.75, 3.05) is 31.6 Å². The Labute approximate surface area is 119 Å². The number of rotatable bonds is 5. The molecule has 6 nitrogen and oxygen atoms in total. The summed E-state index contributed by atoms with van der Waals surface area (Å²) in [6.45, 7) is 3.07. The molecule has 1 aliphatic heterocycles. The highest BCUT2D eigenvalue weighted by Crippen LogP contribution is 2.13. The number of aromatic nitrogens is 2. The lowest BCUT2D eigenvalue weighted by atomic mass is 10.2. The fourth-order valence-corrected chi connectivity index (χ4v) is 2.45. The summed E-state index contributed by atoms with van der Waals surface area (Å²) in [5.41, 5.74) is 1.08. The van der Waals surface area contributed by atoms with E-state index in [2.05, 4.69) is 14.9 Å². The Hall–Kier alpha value is -1.69. The predicted molar refractivity (Wildman–Crippen MR) is 76.7 cm³/mol. The van der Waals surface area contributed by atoms with Crippen molar-refractivity contribution in [2.24, 2.45) is 0 Å². The number of hydrogen-bond acceptors (Lipinski definition) is 5. The number of hydrogen-bond donors (Lipinski definition) is 1. The number of likely N-dealkylation sites (tertiary alicyclic amines) is 1. The Morgan fingerprint density at radius 1 is 1.25 bits per heavy atom. The minimum absolute atomic E-state index is 0.0918. The van der Waals surface area contributed by atoms with Crippen LogP contribution in [0.3, 0.4) is 0 Å². The maximum absolute atomic E-state index is 10.6. The molecule has 0 unspecified atom stereocenters. The molecule has 110 valence electrons. The summed E-state index contributed by atoms with van der Waals surface area (Å²) in [4.78, 5) is 23.1. The first-order valence-electron chi connectivity index (χ1n) is 7.11. The summed E-state index contributed by atoms with van der Waals surface area (Å²) >= 11 is 0. The quantitative estimate of drug-likeness (QED) is 0.877. The van der Waals surface area contributed by atoms with Gasteiger partial charge >= 0.3 is 5.97 Å². The molecule has 0 bridgehead atoms. The van der Waals surface area contributed by atoms with E-state index in [1.54, 1.807) is 19.4 Å². The summed E-state index contributed by atoms with van der Waals surface area (Å²) in [6.07, 6.45) is 8.77. The van der Waals surface area contributed by atoms with Gasteiger partial charge in [0.05, 0.1) is 0 Å². The van der Waals surface area contributed by atoms with E-state index in [1.807, 2.05) is 0 Å². The molecule has 0 saturated carbocycles. The molecule has 0 spiro atoms. The largest absolute Gasteiger partial charge is 0.480 e. The van der Waals surface area contributed by atoms with Gasteiger partial charge in [-0.2, -0.15) is 0 Å². The fourth-order valence-electron chi connectivity index (χ4n) is 2.45. The second-order valence-corrected chi connectivity index (χ2v) is 5.33. The average Bonchev–Trinajstić information content (AvgIpc) is 2.67. The van der Waals surface area contributed by atoms with Gasteiger partial charge in [-0.1, -0.05) is 12.8 Å². The van der Waals surface area contributed by atoms with E-state index in [0.717, 1.165) is 25.2 Å². The lowest BCUT2D eigenvalue weighted by molar-refractivity contribution is -0.135. The molecule has 1 aliphatic rings. The normalized spacial score (nSPS) is 16.6. The maximum atomic E-state index is 10.6. The third-order valence-electron chi connectivity index (χ3n) is 3.51. The number of aliphatic carboxylic acids is 1. The summed E-state index contributed by atoms with van der Waals surface area (Å²) < 4.78 is 0. The molecular weight excluding hydrogens is 256 g/mol. The van der Waals surface area contributed by atoms with Gasteiger partial charge in [0.2, 0.25) is 5.95 Å². The highest BCUT2D eigenvalue weighted by molar-refractivity contribution is 5.72. The smallest absolute Gasteiger partial charge is 0.323 e. The summed E-state index contributed by atoms with van der Waals surface area (Å²) in [5, 5.41) is 8.74. The standard InChI is InChI=1S/C14H22N4O2/c1-17(11-13(19)20)14-15-8-12(9-16-14)10-18-6-4-2-3-5-7-18/h8-9H,2-7,10-11H2,1H3,(H,19,20). The van der Waals surface area contributed by atoms with Crippen LogP contribution in [0, 0.1) is 0 Å². The zero-order valence-corrected chi connectivity index (χ0v) is 12.0. The summed E-state index contributed by atoms with van der Waals surface area (Å²) in [6, 6.07) is 0. The van der Waals surface area contributed by atoms with E-state index >= 15 is 0 Å². The minimum Gasteiger partial charge on any atom is -0.480 e. The average molecular weight is 278 g/mol. The van der Waals surface area contributed by atoms with Crippen LogP contribution in [0.15, 0.2) is 12.4 Å². The van der Waals surface area contributed by atoms with Crippen molar-refractivity contribution < 1.29 is 9.90 Å². The van der Waals surface area contributed by atoms with Crippen molar-refractivity contribution in [1.82, 2.24) is 14.9 Å². The summed E-state index contributed by atoms with van der Waals surface area (Å²) in [7, 11) is 1.68. The molecule has 6 heteroatoms. The van der Waals surface area contributed by atoms with E-state index in [1.165, 1.54) is 30.6 Å². The SMILES string of the molecule is CN(CC(=O)O)c1ncc(CN2CCCCCC2)cn1. The van der Waals surface area contributed by atoms with Crippen molar-refractivity contribution in [2.45, 2.75) is 32.2 Å². The van der Waals surface area contributed by atoms with Crippen LogP contribution in [0.5, 0.6) is 0 Å². The lowest BCUT2D eigenvalue weighted by Gasteiger charge is -2.20. The van der Waals surface area contributed by atoms with Crippen LogP contribution in [0.2, 0.25) is 0 Å². The highest BCUT2D eigenvalue weighted by atomic mass is 16.4. The van der Waals surface area contributed by atoms with Crippen LogP contribution in [-0.2, 0) is 11.3 Å². The Balaban J connectivity index is 1.91. The molecule has 0 aliphatic carbocycles. The van der Waals surface area contributed by atoms with Gasteiger partial charge in [-0.15, -0.1) is 0 Å². The maximum Gasteiger partial charge on any atom is 0.323 e. The van der Waals surface area contributed by atoms with E-state index in [0.29, 0.717) is 5.95 Å². The van der Waals surface area contributed by atoms with E-state index in [9.17, 15) is 4.79 Å². The van der Waals surface area contributed by atoms with Gasteiger partial charge < -0.3 is 10.0 Å². The number of carbonyl (C=O) groups is 1. The number of carboxylic acids is 1. The molecule has 0 radical (unpaired) electrons. The van der Waals surface area contributed by atoms with Crippen LogP contribution >= 0.6 is 0 Å². The zero-order chi connectivity index (χ0) is 14.4. The van der Waals surface area contributed by atoms with Crippen molar-refractivity contribution >= 4 is 11.9 Å². The molecule has 0 aromatic carbocycles. The van der Waals surface area contributed by atoms with Gasteiger partial charge in [0, 0.05) is 31.5 Å². The van der Waals surface area contributed by atoms with Gasteiger partial charge in [-0.05, 0) is 25.9 Å². The molecule has 1 saturated heterocycles. The zero-order valence-electron chi connectivity index (χ0n) is 12.0. The number of carboxylic acid groups (broad SMARTS) is 1. The number of anilines is 1. The van der Waals surface area contributed by atoms with Crippen LogP contribution in [0.25, 0.3) is 0 Å². The Kier molecular flexibility index (Phi) is 5.29. The molecule has 1 aromatic heterocycles. The van der Waals surface area contributed by atoms with Gasteiger partial charge in [0.25, 0.3) is 0 Å². The van der Waals surface area contributed by atoms with Crippen LogP contribution in [-0.4, -0.2) is 52.6 Å². The first kappa shape index (κ1) is 14.7. The minimum atomic E-state index is -0.884. The van der Waals surface area contributed by atoms with Crippen molar-refractivity contribution in [3.8, 4) is 0 Å². The molecule has 0 amide bonds. The van der Waals surface area contributed by atoms with Crippen LogP contribution in [0.4, 0.5) is 5.95 Å². The molecule has 0 atom stereocenters. The second-order valence-electron chi connectivity index (χ2n) is 5.33.